The molecule has 0 fully saturated rings. The van der Waals surface area contributed by atoms with Crippen molar-refractivity contribution in [3.8, 4) is 5.88 Å². The van der Waals surface area contributed by atoms with Crippen LogP contribution in [0.2, 0.25) is 0 Å². The van der Waals surface area contributed by atoms with Gasteiger partial charge in [0.25, 0.3) is 0 Å². The van der Waals surface area contributed by atoms with Crippen molar-refractivity contribution in [3.05, 3.63) is 77.1 Å². The van der Waals surface area contributed by atoms with Crippen molar-refractivity contribution in [2.24, 2.45) is 0 Å². The number of pyridine rings is 3. The molecule has 0 amide bonds. The normalized spacial score (nSPS) is 11.7. The molecule has 10 heteroatoms. The number of nitrogens with zero attached hydrogens (tertiary/aromatic N) is 3. The van der Waals surface area contributed by atoms with Gasteiger partial charge in [0.2, 0.25) is 11.8 Å². The second-order valence-electron chi connectivity index (χ2n) is 7.27. The second-order valence-corrected chi connectivity index (χ2v) is 7.27. The van der Waals surface area contributed by atoms with Crippen molar-refractivity contribution < 1.29 is 22.3 Å². The number of hydrogen-bond donors (Lipinski definition) is 2. The van der Waals surface area contributed by atoms with E-state index in [-0.39, 0.29) is 18.2 Å². The van der Waals surface area contributed by atoms with E-state index in [9.17, 15) is 17.6 Å². The summed E-state index contributed by atoms with van der Waals surface area (Å²) in [7, 11) is 0. The molecular weight excluding hydrogens is 426 g/mol. The van der Waals surface area contributed by atoms with Crippen molar-refractivity contribution in [2.75, 3.05) is 11.9 Å². The number of aromatic nitrogens is 4. The van der Waals surface area contributed by atoms with Gasteiger partial charge in [-0.15, -0.1) is 0 Å². The first kappa shape index (κ1) is 21.5. The predicted molar refractivity (Wildman–Crippen MR) is 111 cm³/mol. The van der Waals surface area contributed by atoms with Crippen LogP contribution in [0.1, 0.15) is 22.3 Å². The zero-order chi connectivity index (χ0) is 22.7. The molecule has 0 unspecified atom stereocenters. The predicted octanol–water partition coefficient (Wildman–Crippen LogP) is 4.94. The number of alkyl halides is 3. The minimum absolute atomic E-state index is 0.0697. The number of hydrogen-bond acceptors (Lipinski definition) is 5. The van der Waals surface area contributed by atoms with Crippen LogP contribution in [0.3, 0.4) is 0 Å². The van der Waals surface area contributed by atoms with E-state index in [1.807, 2.05) is 13.0 Å². The van der Waals surface area contributed by atoms with Crippen LogP contribution in [0.15, 0.2) is 48.9 Å². The molecule has 0 aliphatic rings. The minimum atomic E-state index is -4.47. The molecule has 4 aromatic heterocycles. The van der Waals surface area contributed by atoms with Crippen molar-refractivity contribution in [2.45, 2.75) is 26.1 Å². The van der Waals surface area contributed by atoms with Gasteiger partial charge in [0.15, 0.2) is 6.61 Å². The Bertz CT molecular complexity index is 1240. The summed E-state index contributed by atoms with van der Waals surface area (Å²) in [6.45, 7) is 0.565. The maximum atomic E-state index is 14.6. The summed E-state index contributed by atoms with van der Waals surface area (Å²) in [4.78, 5) is 15.2. The lowest BCUT2D eigenvalue weighted by Crippen LogP contribution is -2.20. The second kappa shape index (κ2) is 8.81. The van der Waals surface area contributed by atoms with Crippen molar-refractivity contribution in [3.63, 3.8) is 0 Å². The Labute approximate surface area is 180 Å². The molecule has 0 radical (unpaired) electrons. The maximum Gasteiger partial charge on any atom is 0.422 e. The number of halogens is 4. The van der Waals surface area contributed by atoms with Gasteiger partial charge < -0.3 is 15.0 Å². The van der Waals surface area contributed by atoms with Gasteiger partial charge in [-0.2, -0.15) is 17.6 Å². The fourth-order valence-corrected chi connectivity index (χ4v) is 3.23. The van der Waals surface area contributed by atoms with Crippen LogP contribution in [0.25, 0.3) is 11.0 Å². The van der Waals surface area contributed by atoms with Crippen molar-refractivity contribution in [1.29, 1.82) is 0 Å². The molecule has 0 spiro atoms. The summed E-state index contributed by atoms with van der Waals surface area (Å²) in [5, 5.41) is 3.82. The van der Waals surface area contributed by atoms with Crippen LogP contribution in [0, 0.1) is 12.9 Å². The Balaban J connectivity index is 1.45. The van der Waals surface area contributed by atoms with E-state index in [4.69, 9.17) is 4.74 Å². The van der Waals surface area contributed by atoms with Gasteiger partial charge in [-0.05, 0) is 36.2 Å². The number of aryl methyl sites for hydroxylation is 1. The first-order valence-electron chi connectivity index (χ1n) is 9.74. The van der Waals surface area contributed by atoms with Crippen molar-refractivity contribution >= 4 is 16.9 Å². The quantitative estimate of drug-likeness (QED) is 0.311. The highest BCUT2D eigenvalue weighted by molar-refractivity contribution is 5.80. The SMILES string of the molecule is Cc1cnc2[nH]cc(Cc3ccc(NCc4cccnc4OCC(F)(F)F)nc3F)c2c1. The lowest BCUT2D eigenvalue weighted by Gasteiger charge is -2.13. The first-order valence-corrected chi connectivity index (χ1v) is 9.74. The molecule has 4 aromatic rings. The Hall–Kier alpha value is -3.69. The van der Waals surface area contributed by atoms with Crippen LogP contribution in [0.4, 0.5) is 23.4 Å². The summed E-state index contributed by atoms with van der Waals surface area (Å²) in [5.41, 5.74) is 3.44. The zero-order valence-corrected chi connectivity index (χ0v) is 17.0. The number of rotatable bonds is 7. The maximum absolute atomic E-state index is 14.6. The van der Waals surface area contributed by atoms with E-state index in [0.29, 0.717) is 17.5 Å². The molecule has 0 aliphatic carbocycles. The molecule has 4 heterocycles. The number of anilines is 1. The highest BCUT2D eigenvalue weighted by atomic mass is 19.4. The van der Waals surface area contributed by atoms with Crippen LogP contribution < -0.4 is 10.1 Å². The first-order chi connectivity index (χ1) is 15.3. The molecule has 32 heavy (non-hydrogen) atoms. The number of nitrogens with one attached hydrogen (secondary N) is 2. The highest BCUT2D eigenvalue weighted by Crippen LogP contribution is 2.23. The Kier molecular flexibility index (Phi) is 5.93. The lowest BCUT2D eigenvalue weighted by atomic mass is 10.1. The standard InChI is InChI=1S/C22H19F4N5O/c1-13-7-17-16(11-30-20(17)29-9-13)8-14-4-5-18(31-19(14)23)28-10-15-3-2-6-27-21(15)32-12-22(24,25)26/h2-7,9,11H,8,10,12H2,1H3,(H,28,31)(H,29,30). The molecular formula is C22H19F4N5O. The van der Waals surface area contributed by atoms with Gasteiger partial charge in [0.1, 0.15) is 11.5 Å². The summed E-state index contributed by atoms with van der Waals surface area (Å²) < 4.78 is 56.7. The molecule has 166 valence electrons. The van der Waals surface area contributed by atoms with Crippen LogP contribution in [0.5, 0.6) is 5.88 Å². The number of ether oxygens (including phenoxy) is 1. The van der Waals surface area contributed by atoms with E-state index >= 15 is 0 Å². The summed E-state index contributed by atoms with van der Waals surface area (Å²) in [6.07, 6.45) is 0.759. The number of H-pyrrole nitrogens is 1. The minimum Gasteiger partial charge on any atom is -0.468 e. The summed E-state index contributed by atoms with van der Waals surface area (Å²) in [6, 6.07) is 8.37. The molecule has 0 aromatic carbocycles. The average molecular weight is 445 g/mol. The highest BCUT2D eigenvalue weighted by Gasteiger charge is 2.29. The molecule has 6 nitrogen and oxygen atoms in total. The van der Waals surface area contributed by atoms with E-state index in [2.05, 4.69) is 25.3 Å². The van der Waals surface area contributed by atoms with Gasteiger partial charge >= 0.3 is 6.18 Å². The third kappa shape index (κ3) is 5.13. The lowest BCUT2D eigenvalue weighted by molar-refractivity contribution is -0.154. The molecule has 4 rings (SSSR count). The third-order valence-electron chi connectivity index (χ3n) is 4.74. The van der Waals surface area contributed by atoms with E-state index < -0.39 is 18.7 Å². The Morgan fingerprint density at radius 3 is 2.72 bits per heavy atom. The van der Waals surface area contributed by atoms with Gasteiger partial charge in [-0.3, -0.25) is 0 Å². The smallest absolute Gasteiger partial charge is 0.422 e. The fourth-order valence-electron chi connectivity index (χ4n) is 3.23. The number of fused-ring (bicyclic) bond motifs is 1. The van der Waals surface area contributed by atoms with Crippen molar-refractivity contribution in [1.82, 2.24) is 19.9 Å². The Morgan fingerprint density at radius 2 is 1.94 bits per heavy atom. The molecule has 0 bridgehead atoms. The van der Waals surface area contributed by atoms with E-state index in [1.165, 1.54) is 6.20 Å². The summed E-state index contributed by atoms with van der Waals surface area (Å²) in [5.74, 6) is -0.532. The van der Waals surface area contributed by atoms with Gasteiger partial charge in [0, 0.05) is 48.1 Å². The summed E-state index contributed by atoms with van der Waals surface area (Å²) >= 11 is 0. The molecule has 0 saturated carbocycles. The van der Waals surface area contributed by atoms with Crippen LogP contribution >= 0.6 is 0 Å². The fraction of sp³-hybridized carbons (Fsp3) is 0.227. The topological polar surface area (TPSA) is 75.7 Å². The van der Waals surface area contributed by atoms with Crippen LogP contribution in [-0.4, -0.2) is 32.7 Å². The molecule has 0 aliphatic heterocycles. The van der Waals surface area contributed by atoms with E-state index in [0.717, 1.165) is 22.2 Å². The number of aromatic amines is 1. The largest absolute Gasteiger partial charge is 0.468 e. The van der Waals surface area contributed by atoms with Gasteiger partial charge in [-0.25, -0.2) is 15.0 Å². The van der Waals surface area contributed by atoms with E-state index in [1.54, 1.807) is 36.7 Å². The monoisotopic (exact) mass is 445 g/mol. The molecule has 2 N–H and O–H groups in total. The molecule has 0 saturated heterocycles. The average Bonchev–Trinajstić information content (AvgIpc) is 3.14. The zero-order valence-electron chi connectivity index (χ0n) is 17.0. The van der Waals surface area contributed by atoms with Crippen LogP contribution in [-0.2, 0) is 13.0 Å². The van der Waals surface area contributed by atoms with Gasteiger partial charge in [0.05, 0.1) is 0 Å². The Morgan fingerprint density at radius 1 is 1.09 bits per heavy atom. The van der Waals surface area contributed by atoms with Gasteiger partial charge in [-0.1, -0.05) is 12.1 Å². The third-order valence-corrected chi connectivity index (χ3v) is 4.74. The molecule has 0 atom stereocenters.